The van der Waals surface area contributed by atoms with Crippen LogP contribution in [-0.2, 0) is 28.6 Å². The lowest BCUT2D eigenvalue weighted by atomic mass is 9.98. The van der Waals surface area contributed by atoms with Gasteiger partial charge in [0, 0.05) is 26.7 Å². The van der Waals surface area contributed by atoms with E-state index in [1.165, 1.54) is 20.8 Å². The minimum atomic E-state index is -0.624. The van der Waals surface area contributed by atoms with Crippen molar-refractivity contribution in [2.75, 3.05) is 6.61 Å². The molecule has 0 aliphatic heterocycles. The summed E-state index contributed by atoms with van der Waals surface area (Å²) in [7, 11) is 0. The van der Waals surface area contributed by atoms with E-state index in [1.807, 2.05) is 6.08 Å². The zero-order chi connectivity index (χ0) is 14.4. The molecule has 0 spiro atoms. The van der Waals surface area contributed by atoms with E-state index in [0.29, 0.717) is 6.42 Å². The highest BCUT2D eigenvalue weighted by atomic mass is 16.6. The molecule has 6 nitrogen and oxygen atoms in total. The molecule has 0 heterocycles. The molecule has 0 fully saturated rings. The number of hydrogen-bond acceptors (Lipinski definition) is 6. The third-order valence-corrected chi connectivity index (χ3v) is 2.70. The Balaban J connectivity index is 2.69. The zero-order valence-electron chi connectivity index (χ0n) is 11.3. The number of carbonyl (C=O) groups is 3. The molecule has 0 saturated heterocycles. The highest BCUT2D eigenvalue weighted by Gasteiger charge is 2.35. The molecular weight excluding hydrogens is 252 g/mol. The van der Waals surface area contributed by atoms with E-state index in [4.69, 9.17) is 14.2 Å². The molecule has 0 aromatic heterocycles. The summed E-state index contributed by atoms with van der Waals surface area (Å²) in [6, 6.07) is 0. The van der Waals surface area contributed by atoms with Gasteiger partial charge in [-0.3, -0.25) is 14.4 Å². The highest BCUT2D eigenvalue weighted by molar-refractivity contribution is 5.67. The molecule has 0 unspecified atom stereocenters. The second kappa shape index (κ2) is 6.92. The second-order valence-electron chi connectivity index (χ2n) is 4.35. The van der Waals surface area contributed by atoms with Crippen LogP contribution >= 0.6 is 0 Å². The molecule has 106 valence electrons. The highest BCUT2D eigenvalue weighted by Crippen LogP contribution is 2.27. The van der Waals surface area contributed by atoms with Crippen molar-refractivity contribution in [1.29, 1.82) is 0 Å². The van der Waals surface area contributed by atoms with Gasteiger partial charge in [0.1, 0.15) is 18.8 Å². The first-order chi connectivity index (χ1) is 8.90. The number of ether oxygens (including phenoxy) is 3. The fourth-order valence-corrected chi connectivity index (χ4v) is 1.99. The summed E-state index contributed by atoms with van der Waals surface area (Å²) in [5.41, 5.74) is 0. The van der Waals surface area contributed by atoms with Crippen molar-refractivity contribution >= 4 is 17.9 Å². The lowest BCUT2D eigenvalue weighted by Crippen LogP contribution is -2.37. The Hall–Kier alpha value is -1.85. The van der Waals surface area contributed by atoms with E-state index in [9.17, 15) is 14.4 Å². The Morgan fingerprint density at radius 2 is 1.84 bits per heavy atom. The lowest BCUT2D eigenvalue weighted by Gasteiger charge is -2.27. The van der Waals surface area contributed by atoms with Crippen molar-refractivity contribution in [3.63, 3.8) is 0 Å². The third kappa shape index (κ3) is 5.11. The number of allylic oxidation sites excluding steroid dienone is 1. The molecule has 0 aromatic rings. The summed E-state index contributed by atoms with van der Waals surface area (Å²) in [4.78, 5) is 32.9. The van der Waals surface area contributed by atoms with Gasteiger partial charge in [0.05, 0.1) is 0 Å². The molecule has 0 aromatic carbocycles. The number of carbonyl (C=O) groups excluding carboxylic acids is 3. The Labute approximate surface area is 111 Å². The van der Waals surface area contributed by atoms with E-state index in [1.54, 1.807) is 6.08 Å². The van der Waals surface area contributed by atoms with E-state index in [2.05, 4.69) is 0 Å². The van der Waals surface area contributed by atoms with Gasteiger partial charge in [0.15, 0.2) is 0 Å². The summed E-state index contributed by atoms with van der Waals surface area (Å²) in [6.45, 7) is 3.83. The Bertz CT molecular complexity index is 387. The predicted molar refractivity (Wildman–Crippen MR) is 65.0 cm³/mol. The van der Waals surface area contributed by atoms with Crippen LogP contribution in [0.15, 0.2) is 12.2 Å². The van der Waals surface area contributed by atoms with Crippen LogP contribution in [0.25, 0.3) is 0 Å². The SMILES string of the molecule is CC(=O)OC[C@@H](OC(C)=O)[C@H]1CC=C[C@H]1OC(C)=O. The van der Waals surface area contributed by atoms with Gasteiger partial charge in [-0.05, 0) is 12.5 Å². The fraction of sp³-hybridized carbons (Fsp3) is 0.615. The molecule has 0 bridgehead atoms. The van der Waals surface area contributed by atoms with Crippen molar-refractivity contribution in [3.05, 3.63) is 12.2 Å². The Morgan fingerprint density at radius 3 is 2.37 bits per heavy atom. The van der Waals surface area contributed by atoms with Crippen LogP contribution in [0, 0.1) is 5.92 Å². The van der Waals surface area contributed by atoms with E-state index >= 15 is 0 Å². The largest absolute Gasteiger partial charge is 0.462 e. The summed E-state index contributed by atoms with van der Waals surface area (Å²) in [6.07, 6.45) is 3.11. The number of hydrogen-bond donors (Lipinski definition) is 0. The minimum absolute atomic E-state index is 0.0426. The van der Waals surface area contributed by atoms with Crippen molar-refractivity contribution in [2.24, 2.45) is 5.92 Å². The molecule has 0 radical (unpaired) electrons. The summed E-state index contributed by atoms with van der Waals surface area (Å²) in [5.74, 6) is -1.56. The molecule has 19 heavy (non-hydrogen) atoms. The third-order valence-electron chi connectivity index (χ3n) is 2.70. The molecule has 0 saturated carbocycles. The molecule has 1 aliphatic rings. The topological polar surface area (TPSA) is 78.9 Å². The molecule has 3 atom stereocenters. The van der Waals surface area contributed by atoms with Gasteiger partial charge < -0.3 is 14.2 Å². The van der Waals surface area contributed by atoms with Gasteiger partial charge in [-0.25, -0.2) is 0 Å². The smallest absolute Gasteiger partial charge is 0.303 e. The number of rotatable bonds is 5. The molecule has 0 N–H and O–H groups in total. The van der Waals surface area contributed by atoms with Crippen LogP contribution in [0.4, 0.5) is 0 Å². The summed E-state index contributed by atoms with van der Waals surface area (Å²) >= 11 is 0. The van der Waals surface area contributed by atoms with Crippen LogP contribution in [0.5, 0.6) is 0 Å². The average molecular weight is 270 g/mol. The van der Waals surface area contributed by atoms with Crippen LogP contribution in [0.3, 0.4) is 0 Å². The zero-order valence-corrected chi connectivity index (χ0v) is 11.3. The normalized spacial score (nSPS) is 22.7. The Morgan fingerprint density at radius 1 is 1.16 bits per heavy atom. The van der Waals surface area contributed by atoms with Gasteiger partial charge in [-0.2, -0.15) is 0 Å². The maximum absolute atomic E-state index is 11.1. The van der Waals surface area contributed by atoms with E-state index in [-0.39, 0.29) is 12.5 Å². The maximum atomic E-state index is 11.1. The van der Waals surface area contributed by atoms with Crippen molar-refractivity contribution in [3.8, 4) is 0 Å². The molecule has 6 heteroatoms. The van der Waals surface area contributed by atoms with Crippen LogP contribution in [0.2, 0.25) is 0 Å². The minimum Gasteiger partial charge on any atom is -0.462 e. The fourth-order valence-electron chi connectivity index (χ4n) is 1.99. The standard InChI is InChI=1S/C13H18O6/c1-8(14)17-7-13(19-10(3)16)11-5-4-6-12(11)18-9(2)15/h4,6,11-13H,5,7H2,1-3H3/t11-,12+,13+/m0/s1. The molecular formula is C13H18O6. The van der Waals surface area contributed by atoms with Crippen LogP contribution < -0.4 is 0 Å². The first-order valence-electron chi connectivity index (χ1n) is 6.04. The molecule has 0 amide bonds. The van der Waals surface area contributed by atoms with Crippen molar-refractivity contribution < 1.29 is 28.6 Å². The van der Waals surface area contributed by atoms with E-state index in [0.717, 1.165) is 0 Å². The second-order valence-corrected chi connectivity index (χ2v) is 4.35. The van der Waals surface area contributed by atoms with Crippen LogP contribution in [0.1, 0.15) is 27.2 Å². The monoisotopic (exact) mass is 270 g/mol. The quantitative estimate of drug-likeness (QED) is 0.421. The average Bonchev–Trinajstić information content (AvgIpc) is 2.70. The summed E-state index contributed by atoms with van der Waals surface area (Å²) < 4.78 is 15.2. The van der Waals surface area contributed by atoms with Gasteiger partial charge in [0.2, 0.25) is 0 Å². The van der Waals surface area contributed by atoms with Gasteiger partial charge in [-0.15, -0.1) is 0 Å². The first-order valence-corrected chi connectivity index (χ1v) is 6.04. The van der Waals surface area contributed by atoms with Gasteiger partial charge in [-0.1, -0.05) is 6.08 Å². The summed E-state index contributed by atoms with van der Waals surface area (Å²) in [5, 5.41) is 0. The molecule has 1 aliphatic carbocycles. The van der Waals surface area contributed by atoms with Crippen molar-refractivity contribution in [1.82, 2.24) is 0 Å². The number of esters is 3. The first kappa shape index (κ1) is 15.2. The van der Waals surface area contributed by atoms with E-state index < -0.39 is 30.1 Å². The predicted octanol–water partition coefficient (Wildman–Crippen LogP) is 0.989. The van der Waals surface area contributed by atoms with Crippen molar-refractivity contribution in [2.45, 2.75) is 39.4 Å². The van der Waals surface area contributed by atoms with Gasteiger partial charge >= 0.3 is 17.9 Å². The Kier molecular flexibility index (Phi) is 5.54. The maximum Gasteiger partial charge on any atom is 0.303 e. The molecule has 1 rings (SSSR count). The lowest BCUT2D eigenvalue weighted by molar-refractivity contribution is -0.165. The van der Waals surface area contributed by atoms with Crippen LogP contribution in [-0.4, -0.2) is 36.7 Å². The van der Waals surface area contributed by atoms with Gasteiger partial charge in [0.25, 0.3) is 0 Å².